The molecule has 0 N–H and O–H groups in total. The van der Waals surface area contributed by atoms with Crippen molar-refractivity contribution < 1.29 is 9.15 Å². The molecule has 0 unspecified atom stereocenters. The van der Waals surface area contributed by atoms with E-state index in [2.05, 4.69) is 10.2 Å². The molecule has 0 aliphatic heterocycles. The summed E-state index contributed by atoms with van der Waals surface area (Å²) in [6.07, 6.45) is 0.703. The minimum Gasteiger partial charge on any atom is -0.426 e. The zero-order valence-electron chi connectivity index (χ0n) is 6.83. The molecule has 0 radical (unpaired) electrons. The first-order valence-electron chi connectivity index (χ1n) is 3.69. The van der Waals surface area contributed by atoms with Crippen LogP contribution in [0.15, 0.2) is 4.42 Å². The average molecular weight is 156 g/mol. The molecule has 4 heteroatoms. The summed E-state index contributed by atoms with van der Waals surface area (Å²) in [7, 11) is 0. The topological polar surface area (TPSA) is 48.2 Å². The van der Waals surface area contributed by atoms with Gasteiger partial charge in [0.1, 0.15) is 0 Å². The normalized spacial score (nSPS) is 10.4. The molecular formula is C7H12N2O2. The van der Waals surface area contributed by atoms with E-state index in [9.17, 15) is 0 Å². The first kappa shape index (κ1) is 8.20. The van der Waals surface area contributed by atoms with Crippen molar-refractivity contribution in [2.24, 2.45) is 0 Å². The lowest BCUT2D eigenvalue weighted by atomic mass is 10.5. The lowest BCUT2D eigenvalue weighted by Gasteiger charge is -1.94. The quantitative estimate of drug-likeness (QED) is 0.609. The molecule has 0 atom stereocenters. The summed E-state index contributed by atoms with van der Waals surface area (Å²) < 4.78 is 10.2. The Kier molecular flexibility index (Phi) is 3.04. The maximum atomic E-state index is 5.13. The Labute approximate surface area is 65.6 Å². The van der Waals surface area contributed by atoms with Gasteiger partial charge in [-0.2, -0.15) is 0 Å². The average Bonchev–Trinajstić information content (AvgIpc) is 2.37. The Morgan fingerprint density at radius 2 is 2.27 bits per heavy atom. The highest BCUT2D eigenvalue weighted by Crippen LogP contribution is 1.98. The summed E-state index contributed by atoms with van der Waals surface area (Å²) in [4.78, 5) is 0. The summed E-state index contributed by atoms with van der Waals surface area (Å²) in [5.41, 5.74) is 0. The maximum Gasteiger partial charge on any atom is 0.218 e. The van der Waals surface area contributed by atoms with E-state index in [0.717, 1.165) is 6.61 Å². The molecule has 0 spiro atoms. The monoisotopic (exact) mass is 156 g/mol. The van der Waals surface area contributed by atoms with Crippen LogP contribution in [0.25, 0.3) is 0 Å². The van der Waals surface area contributed by atoms with E-state index in [4.69, 9.17) is 9.15 Å². The highest BCUT2D eigenvalue weighted by molar-refractivity contribution is 4.78. The maximum absolute atomic E-state index is 5.13. The van der Waals surface area contributed by atoms with Crippen LogP contribution in [0.4, 0.5) is 0 Å². The molecule has 0 amide bonds. The first-order valence-corrected chi connectivity index (χ1v) is 3.69. The van der Waals surface area contributed by atoms with Gasteiger partial charge in [-0.05, 0) is 6.92 Å². The Hall–Kier alpha value is -0.900. The van der Waals surface area contributed by atoms with Gasteiger partial charge in [0.15, 0.2) is 0 Å². The second kappa shape index (κ2) is 4.08. The van der Waals surface area contributed by atoms with Crippen LogP contribution < -0.4 is 0 Å². The first-order chi connectivity index (χ1) is 5.33. The van der Waals surface area contributed by atoms with Crippen molar-refractivity contribution in [3.63, 3.8) is 0 Å². The van der Waals surface area contributed by atoms with Crippen LogP contribution in [0, 0.1) is 6.92 Å². The van der Waals surface area contributed by atoms with E-state index in [-0.39, 0.29) is 0 Å². The highest BCUT2D eigenvalue weighted by atomic mass is 16.5. The molecule has 1 rings (SSSR count). The van der Waals surface area contributed by atoms with Crippen LogP contribution in [0.5, 0.6) is 0 Å². The van der Waals surface area contributed by atoms with Crippen molar-refractivity contribution >= 4 is 0 Å². The third kappa shape index (κ3) is 2.67. The molecule has 4 nitrogen and oxygen atoms in total. The summed E-state index contributed by atoms with van der Waals surface area (Å²) in [5, 5.41) is 7.51. The SMILES string of the molecule is CCOCCc1nnc(C)o1. The molecule has 1 aromatic heterocycles. The third-order valence-corrected chi connectivity index (χ3v) is 1.23. The lowest BCUT2D eigenvalue weighted by Crippen LogP contribution is -1.97. The smallest absolute Gasteiger partial charge is 0.218 e. The molecule has 62 valence electrons. The number of ether oxygens (including phenoxy) is 1. The van der Waals surface area contributed by atoms with Gasteiger partial charge >= 0.3 is 0 Å². The van der Waals surface area contributed by atoms with Gasteiger partial charge in [-0.25, -0.2) is 0 Å². The molecule has 0 aliphatic rings. The molecule has 1 aromatic rings. The Morgan fingerprint density at radius 3 is 2.82 bits per heavy atom. The van der Waals surface area contributed by atoms with Gasteiger partial charge in [-0.15, -0.1) is 10.2 Å². The molecular weight excluding hydrogens is 144 g/mol. The van der Waals surface area contributed by atoms with E-state index in [1.807, 2.05) is 6.92 Å². The summed E-state index contributed by atoms with van der Waals surface area (Å²) in [6, 6.07) is 0. The highest BCUT2D eigenvalue weighted by Gasteiger charge is 2.00. The van der Waals surface area contributed by atoms with Gasteiger partial charge in [0.05, 0.1) is 6.61 Å². The Balaban J connectivity index is 2.27. The zero-order chi connectivity index (χ0) is 8.10. The molecule has 0 fully saturated rings. The molecule has 0 aromatic carbocycles. The number of nitrogens with zero attached hydrogens (tertiary/aromatic N) is 2. The fourth-order valence-electron chi connectivity index (χ4n) is 0.742. The Bertz CT molecular complexity index is 210. The van der Waals surface area contributed by atoms with Gasteiger partial charge < -0.3 is 9.15 Å². The number of rotatable bonds is 4. The molecule has 0 saturated carbocycles. The van der Waals surface area contributed by atoms with E-state index < -0.39 is 0 Å². The van der Waals surface area contributed by atoms with Gasteiger partial charge in [0, 0.05) is 20.0 Å². The van der Waals surface area contributed by atoms with Gasteiger partial charge in [-0.3, -0.25) is 0 Å². The van der Waals surface area contributed by atoms with E-state index in [0.29, 0.717) is 24.8 Å². The number of aromatic nitrogens is 2. The molecule has 0 bridgehead atoms. The Morgan fingerprint density at radius 1 is 1.45 bits per heavy atom. The molecule has 0 saturated heterocycles. The fraction of sp³-hybridized carbons (Fsp3) is 0.714. The second-order valence-electron chi connectivity index (χ2n) is 2.16. The fourth-order valence-corrected chi connectivity index (χ4v) is 0.742. The predicted octanol–water partition coefficient (Wildman–Crippen LogP) is 0.957. The lowest BCUT2D eigenvalue weighted by molar-refractivity contribution is 0.145. The zero-order valence-corrected chi connectivity index (χ0v) is 6.83. The van der Waals surface area contributed by atoms with E-state index in [1.54, 1.807) is 6.92 Å². The van der Waals surface area contributed by atoms with Crippen LogP contribution in [-0.4, -0.2) is 23.4 Å². The third-order valence-electron chi connectivity index (χ3n) is 1.23. The molecule has 11 heavy (non-hydrogen) atoms. The molecule has 0 aliphatic carbocycles. The largest absolute Gasteiger partial charge is 0.426 e. The van der Waals surface area contributed by atoms with Crippen molar-refractivity contribution in [3.8, 4) is 0 Å². The van der Waals surface area contributed by atoms with Gasteiger partial charge in [0.25, 0.3) is 0 Å². The van der Waals surface area contributed by atoms with Gasteiger partial charge in [0.2, 0.25) is 11.8 Å². The molecule has 1 heterocycles. The minimum atomic E-state index is 0.608. The van der Waals surface area contributed by atoms with Crippen molar-refractivity contribution in [1.29, 1.82) is 0 Å². The number of hydrogen-bond acceptors (Lipinski definition) is 4. The van der Waals surface area contributed by atoms with Crippen molar-refractivity contribution in [2.75, 3.05) is 13.2 Å². The van der Waals surface area contributed by atoms with E-state index >= 15 is 0 Å². The summed E-state index contributed by atoms with van der Waals surface area (Å²) in [5.74, 6) is 1.26. The van der Waals surface area contributed by atoms with Crippen LogP contribution in [0.3, 0.4) is 0 Å². The van der Waals surface area contributed by atoms with Crippen molar-refractivity contribution in [2.45, 2.75) is 20.3 Å². The van der Waals surface area contributed by atoms with Crippen LogP contribution in [0.2, 0.25) is 0 Å². The predicted molar refractivity (Wildman–Crippen MR) is 39.2 cm³/mol. The summed E-state index contributed by atoms with van der Waals surface area (Å²) in [6.45, 7) is 5.11. The minimum absolute atomic E-state index is 0.608. The second-order valence-corrected chi connectivity index (χ2v) is 2.16. The van der Waals surface area contributed by atoms with Crippen LogP contribution in [-0.2, 0) is 11.2 Å². The van der Waals surface area contributed by atoms with Crippen LogP contribution >= 0.6 is 0 Å². The summed E-state index contributed by atoms with van der Waals surface area (Å²) >= 11 is 0. The standard InChI is InChI=1S/C7H12N2O2/c1-3-10-5-4-7-9-8-6(2)11-7/h3-5H2,1-2H3. The number of hydrogen-bond donors (Lipinski definition) is 0. The number of aryl methyl sites for hydroxylation is 1. The van der Waals surface area contributed by atoms with Crippen LogP contribution in [0.1, 0.15) is 18.7 Å². The van der Waals surface area contributed by atoms with E-state index in [1.165, 1.54) is 0 Å². The van der Waals surface area contributed by atoms with Gasteiger partial charge in [-0.1, -0.05) is 0 Å². The van der Waals surface area contributed by atoms with Crippen molar-refractivity contribution in [3.05, 3.63) is 11.8 Å². The van der Waals surface area contributed by atoms with Crippen molar-refractivity contribution in [1.82, 2.24) is 10.2 Å².